The number of hydrogen-bond acceptors (Lipinski definition) is 4. The maximum atomic E-state index is 12.0. The van der Waals surface area contributed by atoms with Gasteiger partial charge in [-0.1, -0.05) is 42.0 Å². The van der Waals surface area contributed by atoms with Gasteiger partial charge in [0.05, 0.1) is 6.61 Å². The Hall–Kier alpha value is -1.10. The molecule has 0 spiro atoms. The molecule has 0 radical (unpaired) electrons. The van der Waals surface area contributed by atoms with Gasteiger partial charge in [-0.05, 0) is 6.92 Å². The van der Waals surface area contributed by atoms with E-state index in [0.29, 0.717) is 23.6 Å². The summed E-state index contributed by atoms with van der Waals surface area (Å²) in [7, 11) is 0. The Kier molecular flexibility index (Phi) is 4.58. The largest absolute Gasteiger partial charge is 0.370 e. The standard InChI is InChI=1S/C14H17NO2S/c1-10-2-4-11(5-3-10)12(16)8-14(18)13-9-15-6-7-17-13/h2-5,13,15H,6-9H2,1H3. The summed E-state index contributed by atoms with van der Waals surface area (Å²) in [4.78, 5) is 12.7. The molecule has 96 valence electrons. The molecule has 1 aromatic carbocycles. The van der Waals surface area contributed by atoms with Crippen LogP contribution >= 0.6 is 12.2 Å². The van der Waals surface area contributed by atoms with Crippen molar-refractivity contribution in [3.8, 4) is 0 Å². The van der Waals surface area contributed by atoms with Gasteiger partial charge in [0.15, 0.2) is 5.78 Å². The molecule has 0 saturated carbocycles. The summed E-state index contributed by atoms with van der Waals surface area (Å²) in [6, 6.07) is 7.57. The first-order valence-corrected chi connectivity index (χ1v) is 6.52. The molecule has 1 aliphatic rings. The maximum Gasteiger partial charge on any atom is 0.167 e. The monoisotopic (exact) mass is 263 g/mol. The number of thiocarbonyl (C=S) groups is 1. The molecule has 1 atom stereocenters. The van der Waals surface area contributed by atoms with Crippen molar-refractivity contribution in [2.24, 2.45) is 0 Å². The van der Waals surface area contributed by atoms with Gasteiger partial charge >= 0.3 is 0 Å². The van der Waals surface area contributed by atoms with E-state index in [1.54, 1.807) is 0 Å². The lowest BCUT2D eigenvalue weighted by molar-refractivity contribution is 0.0706. The fourth-order valence-electron chi connectivity index (χ4n) is 1.89. The highest BCUT2D eigenvalue weighted by molar-refractivity contribution is 7.80. The van der Waals surface area contributed by atoms with Crippen LogP contribution in [0, 0.1) is 6.92 Å². The van der Waals surface area contributed by atoms with Gasteiger partial charge in [-0.2, -0.15) is 0 Å². The Morgan fingerprint density at radius 3 is 2.78 bits per heavy atom. The molecule has 0 aromatic heterocycles. The molecule has 1 N–H and O–H groups in total. The van der Waals surface area contributed by atoms with Crippen LogP contribution in [0.3, 0.4) is 0 Å². The molecular weight excluding hydrogens is 246 g/mol. The van der Waals surface area contributed by atoms with Gasteiger partial charge in [-0.15, -0.1) is 0 Å². The summed E-state index contributed by atoms with van der Waals surface area (Å²) in [5.41, 5.74) is 1.86. The normalized spacial score (nSPS) is 19.5. The Balaban J connectivity index is 1.94. The molecule has 4 heteroatoms. The van der Waals surface area contributed by atoms with Gasteiger partial charge in [0.1, 0.15) is 6.10 Å². The first kappa shape index (κ1) is 13.3. The highest BCUT2D eigenvalue weighted by Crippen LogP contribution is 2.10. The fourth-order valence-corrected chi connectivity index (χ4v) is 2.17. The van der Waals surface area contributed by atoms with E-state index in [-0.39, 0.29) is 18.3 Å². The van der Waals surface area contributed by atoms with Crippen molar-refractivity contribution in [3.05, 3.63) is 35.4 Å². The molecule has 1 aliphatic heterocycles. The van der Waals surface area contributed by atoms with Crippen LogP contribution in [0.4, 0.5) is 0 Å². The van der Waals surface area contributed by atoms with Crippen LogP contribution < -0.4 is 5.32 Å². The Morgan fingerprint density at radius 1 is 1.44 bits per heavy atom. The van der Waals surface area contributed by atoms with Crippen molar-refractivity contribution >= 4 is 22.9 Å². The molecule has 1 aromatic rings. The summed E-state index contributed by atoms with van der Waals surface area (Å²) >= 11 is 5.29. The molecular formula is C14H17NO2S. The number of carbonyl (C=O) groups is 1. The summed E-state index contributed by atoms with van der Waals surface area (Å²) in [5.74, 6) is 0.0640. The van der Waals surface area contributed by atoms with E-state index < -0.39 is 0 Å². The lowest BCUT2D eigenvalue weighted by atomic mass is 10.0. The molecule has 0 amide bonds. The third-order valence-corrected chi connectivity index (χ3v) is 3.40. The molecule has 18 heavy (non-hydrogen) atoms. The predicted molar refractivity (Wildman–Crippen MR) is 75.3 cm³/mol. The second-order valence-electron chi connectivity index (χ2n) is 4.50. The zero-order valence-electron chi connectivity index (χ0n) is 10.4. The number of ether oxygens (including phenoxy) is 1. The summed E-state index contributed by atoms with van der Waals surface area (Å²) in [5, 5.41) is 3.21. The average molecular weight is 263 g/mol. The minimum atomic E-state index is -0.108. The van der Waals surface area contributed by atoms with Crippen molar-refractivity contribution in [2.75, 3.05) is 19.7 Å². The summed E-state index contributed by atoms with van der Waals surface area (Å²) in [6.45, 7) is 4.22. The third kappa shape index (κ3) is 3.45. The van der Waals surface area contributed by atoms with Crippen LogP contribution in [0.1, 0.15) is 22.3 Å². The zero-order valence-corrected chi connectivity index (χ0v) is 11.3. The van der Waals surface area contributed by atoms with E-state index in [4.69, 9.17) is 17.0 Å². The Bertz CT molecular complexity index is 436. The minimum absolute atomic E-state index is 0.0640. The van der Waals surface area contributed by atoms with Gasteiger partial charge in [0.25, 0.3) is 0 Å². The topological polar surface area (TPSA) is 38.3 Å². The number of aryl methyl sites for hydroxylation is 1. The zero-order chi connectivity index (χ0) is 13.0. The van der Waals surface area contributed by atoms with Crippen LogP contribution in [-0.4, -0.2) is 36.4 Å². The van der Waals surface area contributed by atoms with Gasteiger partial charge in [-0.25, -0.2) is 0 Å². The molecule has 3 nitrogen and oxygen atoms in total. The van der Waals surface area contributed by atoms with Crippen LogP contribution in [0.2, 0.25) is 0 Å². The van der Waals surface area contributed by atoms with Gasteiger partial charge in [0, 0.05) is 29.9 Å². The number of hydrogen-bond donors (Lipinski definition) is 1. The van der Waals surface area contributed by atoms with Gasteiger partial charge in [-0.3, -0.25) is 4.79 Å². The first-order valence-electron chi connectivity index (χ1n) is 6.12. The molecule has 1 fully saturated rings. The quantitative estimate of drug-likeness (QED) is 0.665. The van der Waals surface area contributed by atoms with Gasteiger partial charge < -0.3 is 10.1 Å². The van der Waals surface area contributed by atoms with E-state index >= 15 is 0 Å². The van der Waals surface area contributed by atoms with Crippen molar-refractivity contribution < 1.29 is 9.53 Å². The number of carbonyl (C=O) groups excluding carboxylic acids is 1. The third-order valence-electron chi connectivity index (χ3n) is 3.00. The van der Waals surface area contributed by atoms with Gasteiger partial charge in [0.2, 0.25) is 0 Å². The van der Waals surface area contributed by atoms with Crippen molar-refractivity contribution in [2.45, 2.75) is 19.4 Å². The van der Waals surface area contributed by atoms with Crippen LogP contribution in [-0.2, 0) is 4.74 Å². The molecule has 0 aliphatic carbocycles. The Morgan fingerprint density at radius 2 is 2.17 bits per heavy atom. The number of nitrogens with one attached hydrogen (secondary N) is 1. The van der Waals surface area contributed by atoms with Crippen molar-refractivity contribution in [1.29, 1.82) is 0 Å². The first-order chi connectivity index (χ1) is 8.66. The molecule has 1 saturated heterocycles. The van der Waals surface area contributed by atoms with E-state index in [2.05, 4.69) is 5.32 Å². The smallest absolute Gasteiger partial charge is 0.167 e. The van der Waals surface area contributed by atoms with E-state index in [9.17, 15) is 4.79 Å². The fraction of sp³-hybridized carbons (Fsp3) is 0.429. The minimum Gasteiger partial charge on any atom is -0.370 e. The molecule has 2 rings (SSSR count). The Labute approximate surface area is 113 Å². The highest BCUT2D eigenvalue weighted by atomic mass is 32.1. The molecule has 0 bridgehead atoms. The second kappa shape index (κ2) is 6.18. The predicted octanol–water partition coefficient (Wildman–Crippen LogP) is 1.93. The second-order valence-corrected chi connectivity index (χ2v) is 5.02. The van der Waals surface area contributed by atoms with Crippen LogP contribution in [0.5, 0.6) is 0 Å². The summed E-state index contributed by atoms with van der Waals surface area (Å²) in [6.07, 6.45) is 0.174. The van der Waals surface area contributed by atoms with Crippen LogP contribution in [0.25, 0.3) is 0 Å². The highest BCUT2D eigenvalue weighted by Gasteiger charge is 2.20. The number of rotatable bonds is 4. The van der Waals surface area contributed by atoms with E-state index in [0.717, 1.165) is 12.1 Å². The van der Waals surface area contributed by atoms with Crippen LogP contribution in [0.15, 0.2) is 24.3 Å². The van der Waals surface area contributed by atoms with E-state index in [1.165, 1.54) is 0 Å². The molecule has 1 unspecified atom stereocenters. The lowest BCUT2D eigenvalue weighted by Crippen LogP contribution is -2.42. The average Bonchev–Trinajstić information content (AvgIpc) is 2.40. The number of benzene rings is 1. The summed E-state index contributed by atoms with van der Waals surface area (Å²) < 4.78 is 5.54. The molecule has 1 heterocycles. The lowest BCUT2D eigenvalue weighted by Gasteiger charge is -2.24. The van der Waals surface area contributed by atoms with E-state index in [1.807, 2.05) is 31.2 Å². The SMILES string of the molecule is Cc1ccc(C(=O)CC(=S)C2CNCCO2)cc1. The van der Waals surface area contributed by atoms with Crippen molar-refractivity contribution in [1.82, 2.24) is 5.32 Å². The number of morpholine rings is 1. The van der Waals surface area contributed by atoms with Crippen molar-refractivity contribution in [3.63, 3.8) is 0 Å². The number of ketones is 1. The maximum absolute atomic E-state index is 12.0. The number of Topliss-reactive ketones (excluding diaryl/α,β-unsaturated/α-hetero) is 1.